The van der Waals surface area contributed by atoms with Crippen LogP contribution < -0.4 is 9.47 Å². The molecule has 0 aromatic heterocycles. The summed E-state index contributed by atoms with van der Waals surface area (Å²) in [7, 11) is 0. The molecule has 0 amide bonds. The van der Waals surface area contributed by atoms with E-state index in [0.29, 0.717) is 6.07 Å². The Morgan fingerprint density at radius 3 is 1.68 bits per heavy atom. The summed E-state index contributed by atoms with van der Waals surface area (Å²) in [5.41, 5.74) is 0.584. The highest BCUT2D eigenvalue weighted by Crippen LogP contribution is 2.39. The summed E-state index contributed by atoms with van der Waals surface area (Å²) >= 11 is 0. The molecule has 40 heavy (non-hydrogen) atoms. The highest BCUT2D eigenvalue weighted by molar-refractivity contribution is 5.38. The average Bonchev–Trinajstić information content (AvgIpc) is 2.93. The molecule has 0 aliphatic carbocycles. The molecule has 0 unspecified atom stereocenters. The summed E-state index contributed by atoms with van der Waals surface area (Å²) in [6, 6.07) is 16.1. The van der Waals surface area contributed by atoms with E-state index in [4.69, 9.17) is 9.47 Å². The lowest BCUT2D eigenvalue weighted by molar-refractivity contribution is -0.189. The Kier molecular flexibility index (Phi) is 12.8. The summed E-state index contributed by atoms with van der Waals surface area (Å²) < 4.78 is 69.8. The third-order valence-corrected chi connectivity index (χ3v) is 6.98. The van der Waals surface area contributed by atoms with Gasteiger partial charge >= 0.3 is 6.11 Å². The monoisotopic (exact) mass is 557 g/mol. The molecule has 217 valence electrons. The molecule has 6 heteroatoms. The van der Waals surface area contributed by atoms with Crippen molar-refractivity contribution in [2.75, 3.05) is 0 Å². The van der Waals surface area contributed by atoms with E-state index in [1.165, 1.54) is 50.7 Å². The van der Waals surface area contributed by atoms with Crippen LogP contribution in [0.25, 0.3) is 0 Å². The lowest BCUT2D eigenvalue weighted by atomic mass is 10.0. The van der Waals surface area contributed by atoms with Crippen LogP contribution in [0.2, 0.25) is 0 Å². The standard InChI is InChI=1S/C34H41F4O2/c1-3-5-7-9-10-11-13-15-27-18-22-29(23-19-27)40-34(37,38)32-30(35)24-25-31(33(32)36)39-28-20-16-26(17-21-28)14-12-8-6-4-2/h16-24H,3-15H2,1-2H3. The first-order valence-corrected chi connectivity index (χ1v) is 14.7. The second kappa shape index (κ2) is 16.3. The minimum absolute atomic E-state index is 0.183. The van der Waals surface area contributed by atoms with Gasteiger partial charge in [0, 0.05) is 6.07 Å². The fraction of sp³-hybridized carbons (Fsp3) is 0.471. The van der Waals surface area contributed by atoms with Gasteiger partial charge in [-0.3, -0.25) is 0 Å². The van der Waals surface area contributed by atoms with Crippen molar-refractivity contribution < 1.29 is 27.0 Å². The molecule has 0 aliphatic heterocycles. The molecule has 0 bridgehead atoms. The van der Waals surface area contributed by atoms with Gasteiger partial charge in [0.2, 0.25) is 0 Å². The molecule has 0 saturated heterocycles. The van der Waals surface area contributed by atoms with Crippen molar-refractivity contribution in [1.29, 1.82) is 0 Å². The van der Waals surface area contributed by atoms with Crippen molar-refractivity contribution in [3.05, 3.63) is 89.0 Å². The second-order valence-corrected chi connectivity index (χ2v) is 10.3. The summed E-state index contributed by atoms with van der Waals surface area (Å²) in [6.45, 7) is 4.34. The molecule has 0 spiro atoms. The number of rotatable bonds is 18. The molecule has 0 aliphatic rings. The normalized spacial score (nSPS) is 11.6. The van der Waals surface area contributed by atoms with Gasteiger partial charge in [0.05, 0.1) is 0 Å². The van der Waals surface area contributed by atoms with E-state index < -0.39 is 29.1 Å². The van der Waals surface area contributed by atoms with E-state index in [1.54, 1.807) is 24.3 Å². The van der Waals surface area contributed by atoms with E-state index >= 15 is 13.2 Å². The van der Waals surface area contributed by atoms with E-state index in [-0.39, 0.29) is 11.5 Å². The molecule has 3 rings (SSSR count). The number of ether oxygens (including phenoxy) is 2. The minimum atomic E-state index is -4.26. The van der Waals surface area contributed by atoms with Crippen LogP contribution in [-0.4, -0.2) is 0 Å². The molecular formula is C34H41F4O2. The molecule has 3 aromatic rings. The van der Waals surface area contributed by atoms with Gasteiger partial charge in [0.25, 0.3) is 0 Å². The highest BCUT2D eigenvalue weighted by Gasteiger charge is 2.42. The van der Waals surface area contributed by atoms with Crippen molar-refractivity contribution in [2.24, 2.45) is 0 Å². The Hall–Kier alpha value is -3.02. The Balaban J connectivity index is 1.60. The maximum absolute atomic E-state index is 15.1. The zero-order chi connectivity index (χ0) is 28.8. The van der Waals surface area contributed by atoms with Crippen molar-refractivity contribution in [2.45, 2.75) is 103 Å². The summed E-state index contributed by atoms with van der Waals surface area (Å²) in [5, 5.41) is 0. The van der Waals surface area contributed by atoms with Gasteiger partial charge in [0.15, 0.2) is 11.6 Å². The molecule has 1 radical (unpaired) electrons. The Morgan fingerprint density at radius 2 is 1.12 bits per heavy atom. The van der Waals surface area contributed by atoms with Crippen molar-refractivity contribution in [3.63, 3.8) is 0 Å². The van der Waals surface area contributed by atoms with Gasteiger partial charge < -0.3 is 9.47 Å². The summed E-state index contributed by atoms with van der Waals surface area (Å²) in [5.74, 6) is -3.58. The zero-order valence-corrected chi connectivity index (χ0v) is 23.7. The van der Waals surface area contributed by atoms with E-state index in [9.17, 15) is 4.39 Å². The first-order chi connectivity index (χ1) is 19.3. The largest absolute Gasteiger partial charge is 0.454 e. The number of halogens is 4. The first-order valence-electron chi connectivity index (χ1n) is 14.7. The van der Waals surface area contributed by atoms with Gasteiger partial charge in [0.1, 0.15) is 22.9 Å². The van der Waals surface area contributed by atoms with Crippen LogP contribution in [0.1, 0.15) is 101 Å². The molecule has 0 N–H and O–H groups in total. The molecule has 0 heterocycles. The number of hydrogen-bond donors (Lipinski definition) is 0. The number of aryl methyl sites for hydroxylation is 2. The van der Waals surface area contributed by atoms with Crippen molar-refractivity contribution >= 4 is 0 Å². The van der Waals surface area contributed by atoms with Crippen LogP contribution in [0.5, 0.6) is 17.2 Å². The summed E-state index contributed by atoms with van der Waals surface area (Å²) in [6.07, 6.45) is 10.3. The van der Waals surface area contributed by atoms with Crippen LogP contribution in [0.4, 0.5) is 17.6 Å². The average molecular weight is 558 g/mol. The van der Waals surface area contributed by atoms with Gasteiger partial charge in [-0.1, -0.05) is 95.9 Å². The predicted molar refractivity (Wildman–Crippen MR) is 152 cm³/mol. The van der Waals surface area contributed by atoms with Crippen LogP contribution in [0.3, 0.4) is 0 Å². The van der Waals surface area contributed by atoms with Crippen LogP contribution in [0.15, 0.2) is 54.6 Å². The lowest BCUT2D eigenvalue weighted by Crippen LogP contribution is -2.25. The Morgan fingerprint density at radius 1 is 0.650 bits per heavy atom. The number of unbranched alkanes of at least 4 members (excludes halogenated alkanes) is 9. The Labute approximate surface area is 236 Å². The fourth-order valence-electron chi connectivity index (χ4n) is 4.63. The maximum atomic E-state index is 15.1. The first kappa shape index (κ1) is 31.5. The van der Waals surface area contributed by atoms with Gasteiger partial charge in [-0.25, -0.2) is 8.78 Å². The van der Waals surface area contributed by atoms with Gasteiger partial charge in [-0.2, -0.15) is 8.78 Å². The molecule has 0 atom stereocenters. The summed E-state index contributed by atoms with van der Waals surface area (Å²) in [4.78, 5) is 0. The van der Waals surface area contributed by atoms with Crippen molar-refractivity contribution in [1.82, 2.24) is 0 Å². The van der Waals surface area contributed by atoms with Crippen LogP contribution >= 0.6 is 0 Å². The van der Waals surface area contributed by atoms with E-state index in [0.717, 1.165) is 56.1 Å². The maximum Gasteiger partial charge on any atom is 0.432 e. The van der Waals surface area contributed by atoms with Crippen LogP contribution in [0, 0.1) is 17.7 Å². The quantitative estimate of drug-likeness (QED) is 0.114. The topological polar surface area (TPSA) is 18.5 Å². The molecule has 2 nitrogen and oxygen atoms in total. The SMILES string of the molecule is CCCCCCCCCc1ccc(OC(F)(F)c2c(F)c[c]c(Oc3ccc(CCCCCC)cc3)c2F)cc1. The van der Waals surface area contributed by atoms with Gasteiger partial charge in [-0.05, 0) is 67.1 Å². The smallest absolute Gasteiger partial charge is 0.432 e. The predicted octanol–water partition coefficient (Wildman–Crippen LogP) is 11.1. The molecule has 0 saturated carbocycles. The lowest BCUT2D eigenvalue weighted by Gasteiger charge is -2.20. The second-order valence-electron chi connectivity index (χ2n) is 10.3. The van der Waals surface area contributed by atoms with E-state index in [1.807, 2.05) is 12.1 Å². The molecule has 0 fully saturated rings. The Bertz CT molecular complexity index is 1140. The third kappa shape index (κ3) is 9.87. The van der Waals surface area contributed by atoms with Crippen molar-refractivity contribution in [3.8, 4) is 17.2 Å². The van der Waals surface area contributed by atoms with E-state index in [2.05, 4.69) is 19.9 Å². The van der Waals surface area contributed by atoms with Crippen LogP contribution in [-0.2, 0) is 19.0 Å². The minimum Gasteiger partial charge on any atom is -0.454 e. The molecule has 3 aromatic carbocycles. The number of hydrogen-bond acceptors (Lipinski definition) is 2. The fourth-order valence-corrected chi connectivity index (χ4v) is 4.63. The zero-order valence-electron chi connectivity index (χ0n) is 23.7. The number of benzene rings is 3. The third-order valence-electron chi connectivity index (χ3n) is 6.98. The molecular weight excluding hydrogens is 516 g/mol. The van der Waals surface area contributed by atoms with Gasteiger partial charge in [-0.15, -0.1) is 0 Å². The number of alkyl halides is 2. The highest BCUT2D eigenvalue weighted by atomic mass is 19.3.